The van der Waals surface area contributed by atoms with Crippen LogP contribution >= 0.6 is 0 Å². The number of nitrogens with one attached hydrogen (secondary N) is 2. The quantitative estimate of drug-likeness (QED) is 0.746. The van der Waals surface area contributed by atoms with Crippen molar-refractivity contribution in [3.8, 4) is 0 Å². The van der Waals surface area contributed by atoms with Crippen molar-refractivity contribution in [1.29, 1.82) is 0 Å². The third kappa shape index (κ3) is 3.62. The van der Waals surface area contributed by atoms with E-state index < -0.39 is 0 Å². The summed E-state index contributed by atoms with van der Waals surface area (Å²) in [4.78, 5) is 15.3. The minimum Gasteiger partial charge on any atom is -0.349 e. The second-order valence-corrected chi connectivity index (χ2v) is 3.56. The van der Waals surface area contributed by atoms with Gasteiger partial charge in [0.05, 0.1) is 6.54 Å². The zero-order valence-electron chi connectivity index (χ0n) is 9.91. The molecule has 1 rings (SSSR count). The molecule has 0 bridgehead atoms. The van der Waals surface area contributed by atoms with Crippen molar-refractivity contribution >= 4 is 5.91 Å². The van der Waals surface area contributed by atoms with Crippen molar-refractivity contribution in [3.05, 3.63) is 11.7 Å². The van der Waals surface area contributed by atoms with Gasteiger partial charge < -0.3 is 15.2 Å². The molecule has 1 heterocycles. The molecule has 0 aromatic carbocycles. The molecule has 1 amide bonds. The van der Waals surface area contributed by atoms with Crippen LogP contribution in [0.1, 0.15) is 43.7 Å². The fourth-order valence-corrected chi connectivity index (χ4v) is 1.06. The number of amides is 1. The largest absolute Gasteiger partial charge is 0.349 e. The van der Waals surface area contributed by atoms with Crippen LogP contribution in [0.15, 0.2) is 4.52 Å². The van der Waals surface area contributed by atoms with Gasteiger partial charge in [-0.05, 0) is 20.3 Å². The molecule has 0 aliphatic heterocycles. The fourth-order valence-electron chi connectivity index (χ4n) is 1.06. The van der Waals surface area contributed by atoms with Crippen LogP contribution in [0.4, 0.5) is 0 Å². The molecule has 0 aliphatic rings. The highest BCUT2D eigenvalue weighted by Gasteiger charge is 2.13. The zero-order valence-corrected chi connectivity index (χ0v) is 9.91. The van der Waals surface area contributed by atoms with Crippen LogP contribution in [0, 0.1) is 0 Å². The van der Waals surface area contributed by atoms with Crippen LogP contribution < -0.4 is 10.6 Å². The summed E-state index contributed by atoms with van der Waals surface area (Å²) in [6.45, 7) is 7.03. The minimum absolute atomic E-state index is 0.0859. The SMILES string of the molecule is CCNC(=O)c1noc(CNC(C)CC)n1. The molecule has 2 N–H and O–H groups in total. The lowest BCUT2D eigenvalue weighted by molar-refractivity contribution is 0.0942. The number of aromatic nitrogens is 2. The molecule has 1 aromatic heterocycles. The lowest BCUT2D eigenvalue weighted by atomic mass is 10.3. The van der Waals surface area contributed by atoms with Crippen molar-refractivity contribution in [2.45, 2.75) is 39.8 Å². The van der Waals surface area contributed by atoms with Crippen molar-refractivity contribution in [1.82, 2.24) is 20.8 Å². The lowest BCUT2D eigenvalue weighted by Gasteiger charge is -2.07. The van der Waals surface area contributed by atoms with Gasteiger partial charge in [-0.1, -0.05) is 12.1 Å². The summed E-state index contributed by atoms with van der Waals surface area (Å²) in [5.41, 5.74) is 0. The summed E-state index contributed by atoms with van der Waals surface area (Å²) in [5.74, 6) is 0.213. The van der Waals surface area contributed by atoms with E-state index in [1.807, 2.05) is 6.92 Å². The number of hydrogen-bond donors (Lipinski definition) is 2. The Morgan fingerprint density at radius 3 is 2.88 bits per heavy atom. The molecule has 16 heavy (non-hydrogen) atoms. The Hall–Kier alpha value is -1.43. The van der Waals surface area contributed by atoms with Gasteiger partial charge in [0.25, 0.3) is 11.7 Å². The molecule has 6 nitrogen and oxygen atoms in total. The normalized spacial score (nSPS) is 12.4. The predicted molar refractivity (Wildman–Crippen MR) is 58.9 cm³/mol. The first-order chi connectivity index (χ1) is 7.67. The van der Waals surface area contributed by atoms with E-state index in [0.29, 0.717) is 25.0 Å². The van der Waals surface area contributed by atoms with Gasteiger partial charge in [-0.2, -0.15) is 4.98 Å². The Balaban J connectivity index is 2.48. The van der Waals surface area contributed by atoms with Gasteiger partial charge in [-0.3, -0.25) is 4.79 Å². The molecule has 0 aliphatic carbocycles. The van der Waals surface area contributed by atoms with E-state index in [1.165, 1.54) is 0 Å². The third-order valence-electron chi connectivity index (χ3n) is 2.22. The summed E-state index contributed by atoms with van der Waals surface area (Å²) < 4.78 is 4.94. The van der Waals surface area contributed by atoms with E-state index in [4.69, 9.17) is 4.52 Å². The van der Waals surface area contributed by atoms with Crippen molar-refractivity contribution in [3.63, 3.8) is 0 Å². The van der Waals surface area contributed by atoms with Gasteiger partial charge >= 0.3 is 0 Å². The molecule has 90 valence electrons. The summed E-state index contributed by atoms with van der Waals surface area (Å²) in [6, 6.07) is 0.389. The zero-order chi connectivity index (χ0) is 12.0. The summed E-state index contributed by atoms with van der Waals surface area (Å²) >= 11 is 0. The van der Waals surface area contributed by atoms with Crippen LogP contribution in [-0.2, 0) is 6.54 Å². The van der Waals surface area contributed by atoms with Crippen LogP contribution in [0.25, 0.3) is 0 Å². The van der Waals surface area contributed by atoms with Crippen LogP contribution in [-0.4, -0.2) is 28.6 Å². The number of nitrogens with zero attached hydrogens (tertiary/aromatic N) is 2. The molecule has 1 unspecified atom stereocenters. The van der Waals surface area contributed by atoms with Gasteiger partial charge in [-0.25, -0.2) is 0 Å². The molecule has 1 atom stereocenters. The van der Waals surface area contributed by atoms with E-state index in [1.54, 1.807) is 0 Å². The molecule has 0 radical (unpaired) electrons. The molecule has 6 heteroatoms. The van der Waals surface area contributed by atoms with Crippen molar-refractivity contribution in [2.24, 2.45) is 0 Å². The van der Waals surface area contributed by atoms with Gasteiger partial charge in [0.2, 0.25) is 5.89 Å². The first kappa shape index (κ1) is 12.6. The molecule has 1 aromatic rings. The second-order valence-electron chi connectivity index (χ2n) is 3.56. The number of carbonyl (C=O) groups excluding carboxylic acids is 1. The number of hydrogen-bond acceptors (Lipinski definition) is 5. The van der Waals surface area contributed by atoms with Gasteiger partial charge in [-0.15, -0.1) is 0 Å². The number of carbonyl (C=O) groups is 1. The fraction of sp³-hybridized carbons (Fsp3) is 0.700. The maximum atomic E-state index is 11.3. The highest BCUT2D eigenvalue weighted by atomic mass is 16.5. The Labute approximate surface area is 94.8 Å². The Morgan fingerprint density at radius 2 is 2.25 bits per heavy atom. The summed E-state index contributed by atoms with van der Waals surface area (Å²) in [5, 5.41) is 9.41. The van der Waals surface area contributed by atoms with Crippen LogP contribution in [0.3, 0.4) is 0 Å². The standard InChI is InChI=1S/C10H18N4O2/c1-4-7(3)12-6-8-13-9(14-16-8)10(15)11-5-2/h7,12H,4-6H2,1-3H3,(H,11,15). The maximum Gasteiger partial charge on any atom is 0.292 e. The molecule has 0 fully saturated rings. The van der Waals surface area contributed by atoms with E-state index in [-0.39, 0.29) is 11.7 Å². The van der Waals surface area contributed by atoms with Crippen molar-refractivity contribution < 1.29 is 9.32 Å². The number of rotatable bonds is 6. The highest BCUT2D eigenvalue weighted by Crippen LogP contribution is 1.98. The predicted octanol–water partition coefficient (Wildman–Crippen LogP) is 0.707. The third-order valence-corrected chi connectivity index (χ3v) is 2.22. The van der Waals surface area contributed by atoms with E-state index >= 15 is 0 Å². The molecular formula is C10H18N4O2. The van der Waals surface area contributed by atoms with E-state index in [9.17, 15) is 4.79 Å². The topological polar surface area (TPSA) is 80.0 Å². The van der Waals surface area contributed by atoms with E-state index in [0.717, 1.165) is 6.42 Å². The van der Waals surface area contributed by atoms with Crippen LogP contribution in [0.5, 0.6) is 0 Å². The van der Waals surface area contributed by atoms with Crippen molar-refractivity contribution in [2.75, 3.05) is 6.54 Å². The first-order valence-electron chi connectivity index (χ1n) is 5.51. The van der Waals surface area contributed by atoms with Crippen LogP contribution in [0.2, 0.25) is 0 Å². The molecule has 0 saturated heterocycles. The van der Waals surface area contributed by atoms with E-state index in [2.05, 4.69) is 34.6 Å². The van der Waals surface area contributed by atoms with Gasteiger partial charge in [0, 0.05) is 12.6 Å². The maximum absolute atomic E-state index is 11.3. The molecule has 0 spiro atoms. The lowest BCUT2D eigenvalue weighted by Crippen LogP contribution is -2.25. The van der Waals surface area contributed by atoms with Gasteiger partial charge in [0.15, 0.2) is 0 Å². The summed E-state index contributed by atoms with van der Waals surface area (Å²) in [7, 11) is 0. The molecular weight excluding hydrogens is 208 g/mol. The smallest absolute Gasteiger partial charge is 0.292 e. The van der Waals surface area contributed by atoms with Gasteiger partial charge in [0.1, 0.15) is 0 Å². The average molecular weight is 226 g/mol. The Kier molecular flexibility index (Phi) is 4.91. The Morgan fingerprint density at radius 1 is 1.50 bits per heavy atom. The molecule has 0 saturated carbocycles. The average Bonchev–Trinajstić information content (AvgIpc) is 2.75. The minimum atomic E-state index is -0.305. The Bertz CT molecular complexity index is 337. The second kappa shape index (κ2) is 6.22. The monoisotopic (exact) mass is 226 g/mol. The first-order valence-corrected chi connectivity index (χ1v) is 5.51. The highest BCUT2D eigenvalue weighted by molar-refractivity contribution is 5.90. The summed E-state index contributed by atoms with van der Waals surface area (Å²) in [6.07, 6.45) is 1.03.